The molecular weight excluding hydrogens is 132 g/mol. The fourth-order valence-electron chi connectivity index (χ4n) is 0.783. The molecule has 3 nitrogen and oxygen atoms in total. The predicted octanol–water partition coefficient (Wildman–Crippen LogP) is 0.594. The van der Waals surface area contributed by atoms with E-state index in [2.05, 4.69) is 4.89 Å². The SMILES string of the molecule is C[C@@]1(O[O])C=CC=C[C@@H]1O. The van der Waals surface area contributed by atoms with Gasteiger partial charge in [0.1, 0.15) is 6.10 Å². The normalized spacial score (nSPS) is 38.5. The van der Waals surface area contributed by atoms with Gasteiger partial charge >= 0.3 is 0 Å². The number of aliphatic hydroxyl groups is 1. The molecule has 0 aromatic rings. The fraction of sp³-hybridized carbons (Fsp3) is 0.429. The van der Waals surface area contributed by atoms with Gasteiger partial charge in [-0.05, 0) is 18.3 Å². The van der Waals surface area contributed by atoms with Crippen molar-refractivity contribution in [3.05, 3.63) is 24.3 Å². The molecule has 1 rings (SSSR count). The quantitative estimate of drug-likeness (QED) is 0.429. The molecule has 0 aromatic carbocycles. The van der Waals surface area contributed by atoms with Crippen LogP contribution < -0.4 is 0 Å². The van der Waals surface area contributed by atoms with Crippen LogP contribution in [-0.2, 0) is 10.1 Å². The Bertz CT molecular complexity index is 174. The van der Waals surface area contributed by atoms with Gasteiger partial charge in [-0.25, -0.2) is 0 Å². The Morgan fingerprint density at radius 3 is 2.70 bits per heavy atom. The van der Waals surface area contributed by atoms with Crippen LogP contribution in [-0.4, -0.2) is 16.8 Å². The first-order valence-corrected chi connectivity index (χ1v) is 3.04. The summed E-state index contributed by atoms with van der Waals surface area (Å²) in [6.07, 6.45) is 5.55. The number of hydrogen-bond donors (Lipinski definition) is 1. The third-order valence-electron chi connectivity index (χ3n) is 1.60. The van der Waals surface area contributed by atoms with Gasteiger partial charge in [-0.15, -0.1) is 0 Å². The standard InChI is InChI=1S/C7H9O3/c1-7(10-9)5-3-2-4-6(7)8/h2-6,8H,1H3/t6-,7+/m0/s1. The summed E-state index contributed by atoms with van der Waals surface area (Å²) in [5, 5.41) is 19.2. The Hall–Kier alpha value is -0.640. The van der Waals surface area contributed by atoms with E-state index in [1.807, 2.05) is 0 Å². The van der Waals surface area contributed by atoms with E-state index in [0.29, 0.717) is 0 Å². The van der Waals surface area contributed by atoms with Crippen molar-refractivity contribution in [1.29, 1.82) is 0 Å². The number of allylic oxidation sites excluding steroid dienone is 2. The minimum absolute atomic E-state index is 0.838. The lowest BCUT2D eigenvalue weighted by Gasteiger charge is -2.26. The molecule has 55 valence electrons. The molecule has 0 bridgehead atoms. The molecule has 1 radical (unpaired) electrons. The van der Waals surface area contributed by atoms with Crippen LogP contribution in [0, 0.1) is 0 Å². The smallest absolute Gasteiger partial charge is 0.152 e. The van der Waals surface area contributed by atoms with Crippen molar-refractivity contribution in [2.45, 2.75) is 18.6 Å². The first-order valence-electron chi connectivity index (χ1n) is 3.04. The summed E-state index contributed by atoms with van der Waals surface area (Å²) in [6, 6.07) is 0. The van der Waals surface area contributed by atoms with Crippen LogP contribution in [0.4, 0.5) is 0 Å². The highest BCUT2D eigenvalue weighted by Crippen LogP contribution is 2.20. The van der Waals surface area contributed by atoms with Gasteiger partial charge in [-0.2, -0.15) is 4.89 Å². The molecule has 0 spiro atoms. The van der Waals surface area contributed by atoms with Crippen molar-refractivity contribution < 1.29 is 15.3 Å². The van der Waals surface area contributed by atoms with Crippen molar-refractivity contribution in [2.75, 3.05) is 0 Å². The van der Waals surface area contributed by atoms with Crippen molar-refractivity contribution in [1.82, 2.24) is 0 Å². The minimum Gasteiger partial charge on any atom is -0.386 e. The summed E-state index contributed by atoms with van der Waals surface area (Å²) >= 11 is 0. The first-order chi connectivity index (χ1) is 4.69. The average Bonchev–Trinajstić information content (AvgIpc) is 1.96. The summed E-state index contributed by atoms with van der Waals surface area (Å²) in [4.78, 5) is 3.85. The topological polar surface area (TPSA) is 49.4 Å². The minimum atomic E-state index is -1.09. The second-order valence-electron chi connectivity index (χ2n) is 2.46. The molecule has 0 amide bonds. The molecule has 0 unspecified atom stereocenters. The third kappa shape index (κ3) is 1.11. The lowest BCUT2D eigenvalue weighted by Crippen LogP contribution is -2.38. The molecule has 1 aliphatic rings. The van der Waals surface area contributed by atoms with Crippen LogP contribution in [0.2, 0.25) is 0 Å². The van der Waals surface area contributed by atoms with E-state index in [1.165, 1.54) is 19.1 Å². The van der Waals surface area contributed by atoms with Gasteiger partial charge in [0.25, 0.3) is 0 Å². The molecule has 10 heavy (non-hydrogen) atoms. The van der Waals surface area contributed by atoms with Crippen LogP contribution >= 0.6 is 0 Å². The van der Waals surface area contributed by atoms with E-state index >= 15 is 0 Å². The van der Waals surface area contributed by atoms with Crippen LogP contribution in [0.1, 0.15) is 6.92 Å². The second kappa shape index (κ2) is 2.54. The molecule has 0 saturated carbocycles. The van der Waals surface area contributed by atoms with Gasteiger partial charge in [-0.1, -0.05) is 18.2 Å². The summed E-state index contributed by atoms with van der Waals surface area (Å²) < 4.78 is 0. The summed E-state index contributed by atoms with van der Waals surface area (Å²) in [5.41, 5.74) is -1.09. The molecule has 0 aliphatic heterocycles. The number of hydrogen-bond acceptors (Lipinski definition) is 2. The zero-order valence-electron chi connectivity index (χ0n) is 5.65. The Morgan fingerprint density at radius 2 is 2.30 bits per heavy atom. The van der Waals surface area contributed by atoms with Crippen molar-refractivity contribution in [3.63, 3.8) is 0 Å². The van der Waals surface area contributed by atoms with Gasteiger partial charge in [0.2, 0.25) is 0 Å². The van der Waals surface area contributed by atoms with Crippen LogP contribution in [0.5, 0.6) is 0 Å². The predicted molar refractivity (Wildman–Crippen MR) is 34.5 cm³/mol. The zero-order valence-corrected chi connectivity index (χ0v) is 5.65. The van der Waals surface area contributed by atoms with E-state index in [-0.39, 0.29) is 0 Å². The molecule has 1 aliphatic carbocycles. The lowest BCUT2D eigenvalue weighted by molar-refractivity contribution is -0.368. The van der Waals surface area contributed by atoms with Crippen molar-refractivity contribution >= 4 is 0 Å². The van der Waals surface area contributed by atoms with E-state index in [0.717, 1.165) is 0 Å². The molecule has 0 fully saturated rings. The maximum absolute atomic E-state index is 10.1. The maximum Gasteiger partial charge on any atom is 0.152 e. The lowest BCUT2D eigenvalue weighted by atomic mass is 9.95. The van der Waals surface area contributed by atoms with Crippen LogP contribution in [0.15, 0.2) is 24.3 Å². The maximum atomic E-state index is 10.1. The number of aliphatic hydroxyl groups excluding tert-OH is 1. The Balaban J connectivity index is 2.77. The summed E-state index contributed by atoms with van der Waals surface area (Å²) in [5.74, 6) is 0. The Kier molecular flexibility index (Phi) is 1.89. The fourth-order valence-corrected chi connectivity index (χ4v) is 0.783. The summed E-state index contributed by atoms with van der Waals surface area (Å²) in [7, 11) is 0. The summed E-state index contributed by atoms with van der Waals surface area (Å²) in [6.45, 7) is 1.53. The molecule has 0 saturated heterocycles. The van der Waals surface area contributed by atoms with Gasteiger partial charge in [0.05, 0.1) is 0 Å². The van der Waals surface area contributed by atoms with Crippen molar-refractivity contribution in [2.24, 2.45) is 0 Å². The van der Waals surface area contributed by atoms with Crippen LogP contribution in [0.25, 0.3) is 0 Å². The zero-order chi connectivity index (χ0) is 7.61. The average molecular weight is 141 g/mol. The number of rotatable bonds is 1. The Morgan fingerprint density at radius 1 is 1.60 bits per heavy atom. The van der Waals surface area contributed by atoms with Gasteiger partial charge in [0, 0.05) is 0 Å². The first kappa shape index (κ1) is 7.47. The van der Waals surface area contributed by atoms with E-state index in [9.17, 15) is 5.26 Å². The van der Waals surface area contributed by atoms with E-state index in [4.69, 9.17) is 5.11 Å². The third-order valence-corrected chi connectivity index (χ3v) is 1.60. The molecule has 1 N–H and O–H groups in total. The van der Waals surface area contributed by atoms with E-state index < -0.39 is 11.7 Å². The van der Waals surface area contributed by atoms with E-state index in [1.54, 1.807) is 12.2 Å². The molecule has 0 heterocycles. The Labute approximate surface area is 59.2 Å². The highest BCUT2D eigenvalue weighted by atomic mass is 17.1. The van der Waals surface area contributed by atoms with Gasteiger partial charge in [-0.3, -0.25) is 0 Å². The molecule has 3 heteroatoms. The molecular formula is C7H9O3. The monoisotopic (exact) mass is 141 g/mol. The highest BCUT2D eigenvalue weighted by molar-refractivity contribution is 5.21. The largest absolute Gasteiger partial charge is 0.386 e. The molecule has 2 atom stereocenters. The van der Waals surface area contributed by atoms with Gasteiger partial charge < -0.3 is 5.11 Å². The van der Waals surface area contributed by atoms with Crippen molar-refractivity contribution in [3.8, 4) is 0 Å². The second-order valence-corrected chi connectivity index (χ2v) is 2.46. The molecule has 0 aromatic heterocycles. The van der Waals surface area contributed by atoms with Crippen LogP contribution in [0.3, 0.4) is 0 Å². The van der Waals surface area contributed by atoms with Gasteiger partial charge in [0.15, 0.2) is 5.60 Å². The highest BCUT2D eigenvalue weighted by Gasteiger charge is 2.32.